The summed E-state index contributed by atoms with van der Waals surface area (Å²) in [5.74, 6) is 0.600. The van der Waals surface area contributed by atoms with E-state index in [1.807, 2.05) is 36.4 Å². The Morgan fingerprint density at radius 3 is 2.61 bits per heavy atom. The van der Waals surface area contributed by atoms with Gasteiger partial charge in [-0.2, -0.15) is 0 Å². The predicted octanol–water partition coefficient (Wildman–Crippen LogP) is 4.17. The first-order chi connectivity index (χ1) is 15.9. The standard InChI is InChI=1S/C27H29N3O3/c1-17(2)19-3-5-21(6-4-19)27(32)30-23-9-7-20-8-10-24(15-22(20)14-23)33-16-18-11-12-29-25(13-18)26(28)31/h3-6,8,10-13,15,17,23H,7,9,14,16H2,1-2H3,(H2,28,31)(H,30,32). The lowest BCUT2D eigenvalue weighted by atomic mass is 9.88. The Balaban J connectivity index is 1.38. The normalized spacial score (nSPS) is 15.1. The third-order valence-corrected chi connectivity index (χ3v) is 6.06. The molecule has 170 valence electrons. The number of primary amides is 1. The van der Waals surface area contributed by atoms with E-state index in [0.717, 1.165) is 30.6 Å². The molecule has 1 heterocycles. The van der Waals surface area contributed by atoms with Crippen molar-refractivity contribution in [3.05, 3.63) is 94.3 Å². The van der Waals surface area contributed by atoms with Crippen molar-refractivity contribution in [3.8, 4) is 5.75 Å². The smallest absolute Gasteiger partial charge is 0.267 e. The third-order valence-electron chi connectivity index (χ3n) is 6.06. The van der Waals surface area contributed by atoms with Crippen LogP contribution in [0, 0.1) is 0 Å². The number of nitrogens with one attached hydrogen (secondary N) is 1. The van der Waals surface area contributed by atoms with Gasteiger partial charge in [0.25, 0.3) is 11.8 Å². The highest BCUT2D eigenvalue weighted by atomic mass is 16.5. The summed E-state index contributed by atoms with van der Waals surface area (Å²) in [6, 6.07) is 17.5. The largest absolute Gasteiger partial charge is 0.489 e. The number of benzene rings is 2. The molecule has 1 atom stereocenters. The lowest BCUT2D eigenvalue weighted by molar-refractivity contribution is 0.0932. The fraction of sp³-hybridized carbons (Fsp3) is 0.296. The average Bonchev–Trinajstić information content (AvgIpc) is 2.82. The van der Waals surface area contributed by atoms with Crippen molar-refractivity contribution < 1.29 is 14.3 Å². The van der Waals surface area contributed by atoms with Crippen LogP contribution in [-0.4, -0.2) is 22.8 Å². The molecule has 0 spiro atoms. The van der Waals surface area contributed by atoms with Crippen LogP contribution in [0.5, 0.6) is 5.75 Å². The van der Waals surface area contributed by atoms with Crippen LogP contribution in [0.2, 0.25) is 0 Å². The Labute approximate surface area is 194 Å². The lowest BCUT2D eigenvalue weighted by Gasteiger charge is -2.26. The Morgan fingerprint density at radius 1 is 1.09 bits per heavy atom. The van der Waals surface area contributed by atoms with Crippen molar-refractivity contribution >= 4 is 11.8 Å². The summed E-state index contributed by atoms with van der Waals surface area (Å²) in [4.78, 5) is 28.0. The number of carbonyl (C=O) groups is 2. The number of nitrogens with zero attached hydrogens (tertiary/aromatic N) is 1. The summed E-state index contributed by atoms with van der Waals surface area (Å²) in [7, 11) is 0. The first-order valence-electron chi connectivity index (χ1n) is 11.3. The highest BCUT2D eigenvalue weighted by molar-refractivity contribution is 5.94. The van der Waals surface area contributed by atoms with E-state index in [4.69, 9.17) is 10.5 Å². The van der Waals surface area contributed by atoms with Crippen LogP contribution in [0.4, 0.5) is 0 Å². The Morgan fingerprint density at radius 2 is 1.88 bits per heavy atom. The van der Waals surface area contributed by atoms with Gasteiger partial charge < -0.3 is 15.8 Å². The fourth-order valence-electron chi connectivity index (χ4n) is 4.10. The van der Waals surface area contributed by atoms with Crippen LogP contribution < -0.4 is 15.8 Å². The summed E-state index contributed by atoms with van der Waals surface area (Å²) in [6.07, 6.45) is 4.15. The van der Waals surface area contributed by atoms with Crippen LogP contribution in [0.15, 0.2) is 60.8 Å². The van der Waals surface area contributed by atoms with Crippen molar-refractivity contribution in [2.45, 2.75) is 51.7 Å². The predicted molar refractivity (Wildman–Crippen MR) is 127 cm³/mol. The molecule has 2 aromatic carbocycles. The molecule has 0 saturated heterocycles. The van der Waals surface area contributed by atoms with Crippen molar-refractivity contribution in [2.24, 2.45) is 5.73 Å². The van der Waals surface area contributed by atoms with Crippen LogP contribution in [0.25, 0.3) is 0 Å². The molecule has 0 bridgehead atoms. The van der Waals surface area contributed by atoms with Crippen molar-refractivity contribution in [1.29, 1.82) is 0 Å². The van der Waals surface area contributed by atoms with Gasteiger partial charge in [0.15, 0.2) is 0 Å². The molecule has 0 aliphatic heterocycles. The molecule has 1 aliphatic carbocycles. The Hall–Kier alpha value is -3.67. The second-order valence-corrected chi connectivity index (χ2v) is 8.82. The second-order valence-electron chi connectivity index (χ2n) is 8.82. The number of amides is 2. The second kappa shape index (κ2) is 9.86. The topological polar surface area (TPSA) is 94.3 Å². The number of ether oxygens (including phenoxy) is 1. The molecule has 0 radical (unpaired) electrons. The average molecular weight is 444 g/mol. The van der Waals surface area contributed by atoms with Gasteiger partial charge in [-0.3, -0.25) is 14.6 Å². The molecule has 6 heteroatoms. The molecule has 3 aromatic rings. The molecule has 3 N–H and O–H groups in total. The summed E-state index contributed by atoms with van der Waals surface area (Å²) >= 11 is 0. The molecule has 0 saturated carbocycles. The SMILES string of the molecule is CC(C)c1ccc(C(=O)NC2CCc3ccc(OCc4ccnc(C(N)=O)c4)cc3C2)cc1. The summed E-state index contributed by atoms with van der Waals surface area (Å²) in [5.41, 5.74) is 10.7. The van der Waals surface area contributed by atoms with Gasteiger partial charge in [0.2, 0.25) is 0 Å². The molecule has 1 aromatic heterocycles. The van der Waals surface area contributed by atoms with Crippen LogP contribution in [0.1, 0.15) is 69.3 Å². The monoisotopic (exact) mass is 443 g/mol. The van der Waals surface area contributed by atoms with Gasteiger partial charge in [-0.1, -0.05) is 32.0 Å². The minimum atomic E-state index is -0.561. The van der Waals surface area contributed by atoms with Gasteiger partial charge in [0, 0.05) is 17.8 Å². The lowest BCUT2D eigenvalue weighted by Crippen LogP contribution is -2.38. The van der Waals surface area contributed by atoms with Gasteiger partial charge in [-0.05, 0) is 83.8 Å². The number of hydrogen-bond donors (Lipinski definition) is 2. The minimum Gasteiger partial charge on any atom is -0.489 e. The number of aromatic nitrogens is 1. The van der Waals surface area contributed by atoms with Crippen molar-refractivity contribution in [1.82, 2.24) is 10.3 Å². The molecular formula is C27H29N3O3. The van der Waals surface area contributed by atoms with Crippen LogP contribution in [0.3, 0.4) is 0 Å². The van der Waals surface area contributed by atoms with Gasteiger partial charge in [-0.15, -0.1) is 0 Å². The number of aryl methyl sites for hydroxylation is 1. The van der Waals surface area contributed by atoms with E-state index in [1.54, 1.807) is 18.3 Å². The molecule has 1 unspecified atom stereocenters. The fourth-order valence-corrected chi connectivity index (χ4v) is 4.10. The molecule has 0 fully saturated rings. The quantitative estimate of drug-likeness (QED) is 0.573. The van der Waals surface area contributed by atoms with Gasteiger partial charge in [0.05, 0.1) is 0 Å². The van der Waals surface area contributed by atoms with Crippen molar-refractivity contribution in [2.75, 3.05) is 0 Å². The molecular weight excluding hydrogens is 414 g/mol. The molecule has 33 heavy (non-hydrogen) atoms. The maximum atomic E-state index is 12.7. The molecule has 1 aliphatic rings. The van der Waals surface area contributed by atoms with E-state index in [9.17, 15) is 9.59 Å². The highest BCUT2D eigenvalue weighted by Crippen LogP contribution is 2.26. The van der Waals surface area contributed by atoms with E-state index in [2.05, 4.69) is 30.2 Å². The zero-order valence-electron chi connectivity index (χ0n) is 19.0. The zero-order chi connectivity index (χ0) is 23.4. The van der Waals surface area contributed by atoms with Crippen molar-refractivity contribution in [3.63, 3.8) is 0 Å². The van der Waals surface area contributed by atoms with E-state index in [1.165, 1.54) is 16.7 Å². The Kier molecular flexibility index (Phi) is 6.73. The maximum absolute atomic E-state index is 12.7. The molecule has 4 rings (SSSR count). The molecule has 6 nitrogen and oxygen atoms in total. The Bertz CT molecular complexity index is 1160. The van der Waals surface area contributed by atoms with E-state index in [0.29, 0.717) is 18.1 Å². The summed E-state index contributed by atoms with van der Waals surface area (Å²) < 4.78 is 5.94. The zero-order valence-corrected chi connectivity index (χ0v) is 19.0. The maximum Gasteiger partial charge on any atom is 0.267 e. The number of hydrogen-bond acceptors (Lipinski definition) is 4. The number of pyridine rings is 1. The minimum absolute atomic E-state index is 0.0332. The number of fused-ring (bicyclic) bond motifs is 1. The summed E-state index contributed by atoms with van der Waals surface area (Å²) in [5, 5.41) is 3.19. The molecule has 2 amide bonds. The van der Waals surface area contributed by atoms with Crippen LogP contribution in [-0.2, 0) is 19.4 Å². The van der Waals surface area contributed by atoms with E-state index >= 15 is 0 Å². The number of carbonyl (C=O) groups excluding carboxylic acids is 2. The van der Waals surface area contributed by atoms with Gasteiger partial charge in [-0.25, -0.2) is 0 Å². The first kappa shape index (κ1) is 22.5. The van der Waals surface area contributed by atoms with E-state index < -0.39 is 5.91 Å². The highest BCUT2D eigenvalue weighted by Gasteiger charge is 2.21. The van der Waals surface area contributed by atoms with Gasteiger partial charge >= 0.3 is 0 Å². The number of nitrogens with two attached hydrogens (primary N) is 1. The third kappa shape index (κ3) is 5.58. The van der Waals surface area contributed by atoms with Crippen LogP contribution >= 0.6 is 0 Å². The summed E-state index contributed by atoms with van der Waals surface area (Å²) in [6.45, 7) is 4.60. The van der Waals surface area contributed by atoms with E-state index in [-0.39, 0.29) is 17.6 Å². The first-order valence-corrected chi connectivity index (χ1v) is 11.3. The van der Waals surface area contributed by atoms with Gasteiger partial charge in [0.1, 0.15) is 18.1 Å². The number of rotatable bonds is 7.